The Morgan fingerprint density at radius 2 is 2.12 bits per heavy atom. The van der Waals surface area contributed by atoms with Gasteiger partial charge in [0.05, 0.1) is 15.9 Å². The van der Waals surface area contributed by atoms with E-state index in [4.69, 9.17) is 0 Å². The van der Waals surface area contributed by atoms with Gasteiger partial charge in [-0.05, 0) is 30.9 Å². The van der Waals surface area contributed by atoms with Crippen LogP contribution in [-0.4, -0.2) is 19.7 Å². The lowest BCUT2D eigenvalue weighted by molar-refractivity contribution is 0.838. The molecule has 16 heavy (non-hydrogen) atoms. The van der Waals surface area contributed by atoms with Gasteiger partial charge in [-0.1, -0.05) is 0 Å². The van der Waals surface area contributed by atoms with E-state index >= 15 is 0 Å². The van der Waals surface area contributed by atoms with Crippen LogP contribution in [0.15, 0.2) is 24.0 Å². The molecule has 5 heteroatoms. The van der Waals surface area contributed by atoms with Gasteiger partial charge in [0, 0.05) is 6.20 Å². The Kier molecular flexibility index (Phi) is 2.00. The van der Waals surface area contributed by atoms with Crippen LogP contribution in [-0.2, 0) is 0 Å². The van der Waals surface area contributed by atoms with Crippen molar-refractivity contribution in [1.29, 1.82) is 0 Å². The molecule has 3 aromatic heterocycles. The Hall–Kier alpha value is -1.75. The second-order valence-corrected chi connectivity index (χ2v) is 4.58. The molecule has 0 aromatic carbocycles. The molecule has 80 valence electrons. The predicted molar refractivity (Wildman–Crippen MR) is 64.0 cm³/mol. The topological polar surface area (TPSA) is 43.6 Å². The zero-order valence-electron chi connectivity index (χ0n) is 9.01. The molecule has 0 radical (unpaired) electrons. The number of rotatable bonds is 1. The number of aromatic nitrogens is 4. The first-order chi connectivity index (χ1) is 7.75. The normalized spacial score (nSPS) is 11.1. The summed E-state index contributed by atoms with van der Waals surface area (Å²) in [7, 11) is 0. The molecule has 0 spiro atoms. The molecule has 3 rings (SSSR count). The lowest BCUT2D eigenvalue weighted by atomic mass is 10.3. The molecule has 0 saturated carbocycles. The fourth-order valence-electron chi connectivity index (χ4n) is 1.65. The number of hydrogen-bond donors (Lipinski definition) is 0. The van der Waals surface area contributed by atoms with Gasteiger partial charge in [0.15, 0.2) is 5.82 Å². The number of fused-ring (bicyclic) bond motifs is 1. The Balaban J connectivity index is 2.31. The molecular weight excluding hydrogens is 220 g/mol. The summed E-state index contributed by atoms with van der Waals surface area (Å²) in [6.07, 6.45) is 3.51. The van der Waals surface area contributed by atoms with E-state index < -0.39 is 0 Å². The van der Waals surface area contributed by atoms with Crippen LogP contribution in [0.3, 0.4) is 0 Å². The maximum absolute atomic E-state index is 4.37. The summed E-state index contributed by atoms with van der Waals surface area (Å²) in [4.78, 5) is 8.60. The smallest absolute Gasteiger partial charge is 0.174 e. The van der Waals surface area contributed by atoms with Gasteiger partial charge >= 0.3 is 0 Å². The first-order valence-electron chi connectivity index (χ1n) is 4.97. The summed E-state index contributed by atoms with van der Waals surface area (Å²) in [5.41, 5.74) is 3.19. The van der Waals surface area contributed by atoms with E-state index in [9.17, 15) is 0 Å². The molecule has 0 unspecified atom stereocenters. The zero-order valence-corrected chi connectivity index (χ0v) is 9.82. The minimum absolute atomic E-state index is 0.858. The van der Waals surface area contributed by atoms with E-state index in [2.05, 4.69) is 27.4 Å². The first-order valence-corrected chi connectivity index (χ1v) is 5.85. The van der Waals surface area contributed by atoms with Gasteiger partial charge in [-0.25, -0.2) is 14.6 Å². The first kappa shape index (κ1) is 9.47. The van der Waals surface area contributed by atoms with Crippen molar-refractivity contribution in [3.8, 4) is 5.82 Å². The molecule has 0 aliphatic heterocycles. The molecule has 0 aliphatic rings. The molecule has 3 aromatic rings. The number of hydrogen-bond acceptors (Lipinski definition) is 4. The molecule has 0 bridgehead atoms. The van der Waals surface area contributed by atoms with Gasteiger partial charge in [-0.2, -0.15) is 5.10 Å². The van der Waals surface area contributed by atoms with Crippen molar-refractivity contribution >= 4 is 21.6 Å². The van der Waals surface area contributed by atoms with Crippen molar-refractivity contribution in [3.05, 3.63) is 35.2 Å². The zero-order chi connectivity index (χ0) is 11.1. The molecule has 0 fully saturated rings. The van der Waals surface area contributed by atoms with E-state index in [1.54, 1.807) is 22.3 Å². The minimum Gasteiger partial charge on any atom is -0.235 e. The second kappa shape index (κ2) is 3.38. The average Bonchev–Trinajstić information content (AvgIpc) is 2.86. The molecule has 0 saturated heterocycles. The lowest BCUT2D eigenvalue weighted by Gasteiger charge is -2.00. The average molecular weight is 230 g/mol. The molecule has 0 amide bonds. The van der Waals surface area contributed by atoms with Crippen LogP contribution in [0.5, 0.6) is 0 Å². The SMILES string of the molecule is Cc1ccn(-c2ncnc3c(C)csc23)n1. The van der Waals surface area contributed by atoms with Crippen molar-refractivity contribution in [3.63, 3.8) is 0 Å². The van der Waals surface area contributed by atoms with E-state index in [0.29, 0.717) is 0 Å². The quantitative estimate of drug-likeness (QED) is 0.645. The van der Waals surface area contributed by atoms with Crippen LogP contribution in [0.2, 0.25) is 0 Å². The number of aryl methyl sites for hydroxylation is 2. The predicted octanol–water partition coefficient (Wildman–Crippen LogP) is 2.49. The highest BCUT2D eigenvalue weighted by Crippen LogP contribution is 2.27. The number of nitrogens with zero attached hydrogens (tertiary/aromatic N) is 4. The van der Waals surface area contributed by atoms with Crippen LogP contribution in [0.4, 0.5) is 0 Å². The summed E-state index contributed by atoms with van der Waals surface area (Å²) in [6.45, 7) is 4.03. The molecule has 0 N–H and O–H groups in total. The Bertz CT molecular complexity index is 653. The van der Waals surface area contributed by atoms with Gasteiger partial charge in [0.25, 0.3) is 0 Å². The standard InChI is InChI=1S/C11H10N4S/c1-7-5-16-10-9(7)12-6-13-11(10)15-4-3-8(2)14-15/h3-6H,1-2H3. The highest BCUT2D eigenvalue weighted by Gasteiger charge is 2.09. The summed E-state index contributed by atoms with van der Waals surface area (Å²) in [5.74, 6) is 0.858. The van der Waals surface area contributed by atoms with Crippen molar-refractivity contribution in [2.45, 2.75) is 13.8 Å². The van der Waals surface area contributed by atoms with E-state index in [0.717, 1.165) is 21.7 Å². The molecule has 3 heterocycles. The molecule has 0 aliphatic carbocycles. The molecular formula is C11H10N4S. The summed E-state index contributed by atoms with van der Waals surface area (Å²) in [6, 6.07) is 1.97. The van der Waals surface area contributed by atoms with Gasteiger partial charge < -0.3 is 0 Å². The van der Waals surface area contributed by atoms with Crippen molar-refractivity contribution in [2.24, 2.45) is 0 Å². The highest BCUT2D eigenvalue weighted by atomic mass is 32.1. The van der Waals surface area contributed by atoms with E-state index in [-0.39, 0.29) is 0 Å². The summed E-state index contributed by atoms with van der Waals surface area (Å²) < 4.78 is 2.89. The largest absolute Gasteiger partial charge is 0.235 e. The van der Waals surface area contributed by atoms with E-state index in [1.165, 1.54) is 5.56 Å². The van der Waals surface area contributed by atoms with Gasteiger partial charge in [0.2, 0.25) is 0 Å². The highest BCUT2D eigenvalue weighted by molar-refractivity contribution is 7.17. The Morgan fingerprint density at radius 1 is 1.25 bits per heavy atom. The third kappa shape index (κ3) is 1.32. The van der Waals surface area contributed by atoms with Crippen molar-refractivity contribution < 1.29 is 0 Å². The fraction of sp³-hybridized carbons (Fsp3) is 0.182. The Morgan fingerprint density at radius 3 is 2.88 bits per heavy atom. The third-order valence-corrected chi connectivity index (χ3v) is 3.53. The molecule has 4 nitrogen and oxygen atoms in total. The summed E-state index contributed by atoms with van der Waals surface area (Å²) in [5, 5.41) is 6.47. The summed E-state index contributed by atoms with van der Waals surface area (Å²) >= 11 is 1.66. The maximum atomic E-state index is 4.37. The van der Waals surface area contributed by atoms with Crippen LogP contribution in [0, 0.1) is 13.8 Å². The number of thiophene rings is 1. The van der Waals surface area contributed by atoms with Crippen LogP contribution in [0.25, 0.3) is 16.0 Å². The van der Waals surface area contributed by atoms with Gasteiger partial charge in [-0.15, -0.1) is 11.3 Å². The fourth-order valence-corrected chi connectivity index (χ4v) is 2.64. The van der Waals surface area contributed by atoms with Crippen LogP contribution >= 0.6 is 11.3 Å². The second-order valence-electron chi connectivity index (χ2n) is 3.70. The van der Waals surface area contributed by atoms with Crippen LogP contribution in [0.1, 0.15) is 11.3 Å². The monoisotopic (exact) mass is 230 g/mol. The third-order valence-electron chi connectivity index (χ3n) is 2.45. The van der Waals surface area contributed by atoms with Crippen LogP contribution < -0.4 is 0 Å². The minimum atomic E-state index is 0.858. The maximum Gasteiger partial charge on any atom is 0.174 e. The van der Waals surface area contributed by atoms with Gasteiger partial charge in [-0.3, -0.25) is 0 Å². The Labute approximate surface area is 96.6 Å². The van der Waals surface area contributed by atoms with E-state index in [1.807, 2.05) is 19.2 Å². The van der Waals surface area contributed by atoms with Crippen molar-refractivity contribution in [2.75, 3.05) is 0 Å². The van der Waals surface area contributed by atoms with Gasteiger partial charge in [0.1, 0.15) is 6.33 Å². The molecule has 0 atom stereocenters. The lowest BCUT2D eigenvalue weighted by Crippen LogP contribution is -1.99. The van der Waals surface area contributed by atoms with Crippen molar-refractivity contribution in [1.82, 2.24) is 19.7 Å².